The van der Waals surface area contributed by atoms with Crippen molar-refractivity contribution in [3.63, 3.8) is 0 Å². The lowest BCUT2D eigenvalue weighted by molar-refractivity contribution is -0.384. The van der Waals surface area contributed by atoms with Crippen LogP contribution >= 0.6 is 0 Å². The minimum absolute atomic E-state index is 0.0433. The largest absolute Gasteiger partial charge is 0.397 e. The predicted molar refractivity (Wildman–Crippen MR) is 76.6 cm³/mol. The van der Waals surface area contributed by atoms with E-state index in [1.807, 2.05) is 0 Å². The van der Waals surface area contributed by atoms with E-state index in [1.54, 1.807) is 31.2 Å². The molecule has 0 atom stereocenters. The van der Waals surface area contributed by atoms with Crippen molar-refractivity contribution in [1.82, 2.24) is 0 Å². The zero-order valence-electron chi connectivity index (χ0n) is 10.8. The Morgan fingerprint density at radius 3 is 2.55 bits per heavy atom. The third-order valence-corrected chi connectivity index (χ3v) is 2.87. The Morgan fingerprint density at radius 1 is 1.25 bits per heavy atom. The number of benzene rings is 2. The minimum atomic E-state index is -0.496. The molecule has 20 heavy (non-hydrogen) atoms. The van der Waals surface area contributed by atoms with Gasteiger partial charge in [-0.05, 0) is 30.7 Å². The third-order valence-electron chi connectivity index (χ3n) is 2.87. The molecule has 0 aliphatic rings. The molecule has 3 N–H and O–H groups in total. The van der Waals surface area contributed by atoms with Crippen LogP contribution in [0.2, 0.25) is 0 Å². The van der Waals surface area contributed by atoms with Gasteiger partial charge in [0.15, 0.2) is 0 Å². The number of hydrogen-bond donors (Lipinski definition) is 2. The van der Waals surface area contributed by atoms with Crippen LogP contribution in [0.4, 0.5) is 17.1 Å². The molecule has 0 radical (unpaired) electrons. The number of nitrogen functional groups attached to an aromatic ring is 1. The highest BCUT2D eigenvalue weighted by Gasteiger charge is 2.14. The molecule has 0 aromatic heterocycles. The van der Waals surface area contributed by atoms with Crippen LogP contribution in [0, 0.1) is 17.0 Å². The lowest BCUT2D eigenvalue weighted by Crippen LogP contribution is -2.14. The van der Waals surface area contributed by atoms with Crippen LogP contribution in [0.5, 0.6) is 0 Å². The van der Waals surface area contributed by atoms with Crippen molar-refractivity contribution in [3.05, 3.63) is 63.7 Å². The lowest BCUT2D eigenvalue weighted by Gasteiger charge is -2.09. The van der Waals surface area contributed by atoms with Crippen LogP contribution in [0.1, 0.15) is 15.9 Å². The molecule has 0 unspecified atom stereocenters. The summed E-state index contributed by atoms with van der Waals surface area (Å²) in [6.07, 6.45) is 0. The summed E-state index contributed by atoms with van der Waals surface area (Å²) in [6.45, 7) is 1.65. The molecule has 0 aliphatic carbocycles. The molecule has 0 aliphatic heterocycles. The number of aryl methyl sites for hydroxylation is 1. The van der Waals surface area contributed by atoms with Crippen LogP contribution in [-0.4, -0.2) is 10.8 Å². The number of carbonyl (C=O) groups excluding carboxylic acids is 1. The Hall–Kier alpha value is -2.89. The van der Waals surface area contributed by atoms with Crippen molar-refractivity contribution < 1.29 is 9.72 Å². The second-order valence-corrected chi connectivity index (χ2v) is 4.30. The molecule has 6 nitrogen and oxygen atoms in total. The summed E-state index contributed by atoms with van der Waals surface area (Å²) in [5.41, 5.74) is 7.58. The van der Waals surface area contributed by atoms with E-state index in [2.05, 4.69) is 5.32 Å². The van der Waals surface area contributed by atoms with Gasteiger partial charge >= 0.3 is 0 Å². The molecule has 1 amide bonds. The topological polar surface area (TPSA) is 98.3 Å². The summed E-state index contributed by atoms with van der Waals surface area (Å²) < 4.78 is 0. The maximum absolute atomic E-state index is 12.1. The van der Waals surface area contributed by atoms with Crippen molar-refractivity contribution in [2.45, 2.75) is 6.92 Å². The number of hydrogen-bond acceptors (Lipinski definition) is 4. The molecule has 0 saturated carbocycles. The summed E-state index contributed by atoms with van der Waals surface area (Å²) in [7, 11) is 0. The fraction of sp³-hybridized carbons (Fsp3) is 0.0714. The van der Waals surface area contributed by atoms with Crippen molar-refractivity contribution in [1.29, 1.82) is 0 Å². The Labute approximate surface area is 115 Å². The molecule has 0 bridgehead atoms. The SMILES string of the molecule is Cc1cc([N+](=O)[O-])ccc1C(=O)Nc1ccccc1N. The van der Waals surface area contributed by atoms with Crippen LogP contribution in [0.3, 0.4) is 0 Å². The Balaban J connectivity index is 2.26. The second kappa shape index (κ2) is 5.40. The third kappa shape index (κ3) is 2.74. The highest BCUT2D eigenvalue weighted by atomic mass is 16.6. The number of para-hydroxylation sites is 2. The van der Waals surface area contributed by atoms with E-state index >= 15 is 0 Å². The van der Waals surface area contributed by atoms with Gasteiger partial charge < -0.3 is 11.1 Å². The van der Waals surface area contributed by atoms with Crippen LogP contribution in [-0.2, 0) is 0 Å². The molecular formula is C14H13N3O3. The monoisotopic (exact) mass is 271 g/mol. The Bertz CT molecular complexity index is 683. The maximum atomic E-state index is 12.1. The first-order valence-corrected chi connectivity index (χ1v) is 5.90. The molecule has 0 heterocycles. The molecule has 0 fully saturated rings. The summed E-state index contributed by atoms with van der Waals surface area (Å²) in [5.74, 6) is -0.352. The average molecular weight is 271 g/mol. The average Bonchev–Trinajstić information content (AvgIpc) is 2.41. The first-order chi connectivity index (χ1) is 9.49. The van der Waals surface area contributed by atoms with Gasteiger partial charge in [0.25, 0.3) is 11.6 Å². The molecular weight excluding hydrogens is 258 g/mol. The van der Waals surface area contributed by atoms with E-state index in [4.69, 9.17) is 5.73 Å². The smallest absolute Gasteiger partial charge is 0.269 e. The first-order valence-electron chi connectivity index (χ1n) is 5.90. The fourth-order valence-corrected chi connectivity index (χ4v) is 1.82. The number of amides is 1. The minimum Gasteiger partial charge on any atom is -0.397 e. The van der Waals surface area contributed by atoms with Crippen LogP contribution < -0.4 is 11.1 Å². The molecule has 2 aromatic rings. The number of nitrogens with zero attached hydrogens (tertiary/aromatic N) is 1. The van der Waals surface area contributed by atoms with E-state index in [-0.39, 0.29) is 11.6 Å². The zero-order valence-corrected chi connectivity index (χ0v) is 10.8. The lowest BCUT2D eigenvalue weighted by atomic mass is 10.1. The summed E-state index contributed by atoms with van der Waals surface area (Å²) in [4.78, 5) is 22.3. The number of nitro groups is 1. The number of nitro benzene ring substituents is 1. The van der Waals surface area contributed by atoms with Gasteiger partial charge in [-0.25, -0.2) is 0 Å². The summed E-state index contributed by atoms with van der Waals surface area (Å²) >= 11 is 0. The van der Waals surface area contributed by atoms with Crippen molar-refractivity contribution in [2.75, 3.05) is 11.1 Å². The standard InChI is InChI=1S/C14H13N3O3/c1-9-8-10(17(19)20)6-7-11(9)14(18)16-13-5-3-2-4-12(13)15/h2-8H,15H2,1H3,(H,16,18). The van der Waals surface area contributed by atoms with Crippen molar-refractivity contribution in [3.8, 4) is 0 Å². The van der Waals surface area contributed by atoms with Crippen molar-refractivity contribution >= 4 is 23.0 Å². The quantitative estimate of drug-likeness (QED) is 0.509. The van der Waals surface area contributed by atoms with E-state index < -0.39 is 4.92 Å². The van der Waals surface area contributed by atoms with Gasteiger partial charge in [0.2, 0.25) is 0 Å². The van der Waals surface area contributed by atoms with Gasteiger partial charge in [0.1, 0.15) is 0 Å². The Kier molecular flexibility index (Phi) is 3.65. The van der Waals surface area contributed by atoms with Crippen molar-refractivity contribution in [2.24, 2.45) is 0 Å². The van der Waals surface area contributed by atoms with Gasteiger partial charge in [-0.15, -0.1) is 0 Å². The first kappa shape index (κ1) is 13.5. The molecule has 2 rings (SSSR count). The highest BCUT2D eigenvalue weighted by molar-refractivity contribution is 6.06. The van der Waals surface area contributed by atoms with Gasteiger partial charge in [-0.3, -0.25) is 14.9 Å². The normalized spacial score (nSPS) is 10.1. The van der Waals surface area contributed by atoms with Crippen LogP contribution in [0.25, 0.3) is 0 Å². The molecule has 6 heteroatoms. The van der Waals surface area contributed by atoms with E-state index in [1.165, 1.54) is 18.2 Å². The number of carbonyl (C=O) groups is 1. The number of anilines is 2. The van der Waals surface area contributed by atoms with Gasteiger partial charge in [-0.1, -0.05) is 12.1 Å². The molecule has 102 valence electrons. The van der Waals surface area contributed by atoms with Crippen LogP contribution in [0.15, 0.2) is 42.5 Å². The van der Waals surface area contributed by atoms with Gasteiger partial charge in [0.05, 0.1) is 16.3 Å². The van der Waals surface area contributed by atoms with Gasteiger partial charge in [0, 0.05) is 17.7 Å². The number of non-ortho nitro benzene ring substituents is 1. The predicted octanol–water partition coefficient (Wildman–Crippen LogP) is 2.74. The Morgan fingerprint density at radius 2 is 1.95 bits per heavy atom. The highest BCUT2D eigenvalue weighted by Crippen LogP contribution is 2.21. The summed E-state index contributed by atoms with van der Waals surface area (Å²) in [5, 5.41) is 13.3. The summed E-state index contributed by atoms with van der Waals surface area (Å²) in [6, 6.07) is 11.0. The van der Waals surface area contributed by atoms with E-state index in [0.717, 1.165) is 0 Å². The maximum Gasteiger partial charge on any atom is 0.269 e. The zero-order chi connectivity index (χ0) is 14.7. The van der Waals surface area contributed by atoms with Gasteiger partial charge in [-0.2, -0.15) is 0 Å². The van der Waals surface area contributed by atoms with E-state index in [0.29, 0.717) is 22.5 Å². The number of nitrogens with one attached hydrogen (secondary N) is 1. The van der Waals surface area contributed by atoms with E-state index in [9.17, 15) is 14.9 Å². The number of rotatable bonds is 3. The second-order valence-electron chi connectivity index (χ2n) is 4.30. The molecule has 0 spiro atoms. The molecule has 2 aromatic carbocycles. The number of nitrogens with two attached hydrogens (primary N) is 1. The fourth-order valence-electron chi connectivity index (χ4n) is 1.82. The molecule has 0 saturated heterocycles.